The van der Waals surface area contributed by atoms with Gasteiger partial charge in [-0.25, -0.2) is 4.98 Å². The third-order valence-corrected chi connectivity index (χ3v) is 3.10. The smallest absolute Gasteiger partial charge is 0.279 e. The van der Waals surface area contributed by atoms with E-state index in [4.69, 9.17) is 28.3 Å². The zero-order valence-corrected chi connectivity index (χ0v) is 11.4. The van der Waals surface area contributed by atoms with E-state index in [2.05, 4.69) is 4.98 Å². The minimum Gasteiger partial charge on any atom is -0.505 e. The molecule has 2 aromatic rings. The van der Waals surface area contributed by atoms with Crippen LogP contribution in [0, 0.1) is 10.1 Å². The molecule has 0 unspecified atom stereocenters. The number of imidazole rings is 1. The van der Waals surface area contributed by atoms with Crippen LogP contribution >= 0.6 is 23.2 Å². The number of hydrogen-bond acceptors (Lipinski definition) is 5. The van der Waals surface area contributed by atoms with Crippen molar-refractivity contribution >= 4 is 28.9 Å². The van der Waals surface area contributed by atoms with Crippen molar-refractivity contribution in [2.75, 3.05) is 0 Å². The standard InChI is InChI=1S/C11H9Cl2N3O4/c12-11(13)7-1-9(10(18)2-8(7)16(19)20)15-3-6(4-17)14-5-15/h1-3,5,11,17-18H,4H2. The van der Waals surface area contributed by atoms with E-state index in [0.717, 1.165) is 6.07 Å². The number of aromatic hydroxyl groups is 1. The van der Waals surface area contributed by atoms with E-state index in [9.17, 15) is 15.2 Å². The van der Waals surface area contributed by atoms with Gasteiger partial charge in [0.15, 0.2) is 0 Å². The SMILES string of the molecule is O=[N+]([O-])c1cc(O)c(-n2cnc(CO)c2)cc1C(Cl)Cl. The second kappa shape index (κ2) is 5.66. The summed E-state index contributed by atoms with van der Waals surface area (Å²) in [4.78, 5) is 13.0. The minimum atomic E-state index is -1.12. The molecular weight excluding hydrogens is 309 g/mol. The molecule has 1 aromatic heterocycles. The van der Waals surface area contributed by atoms with Crippen molar-refractivity contribution < 1.29 is 15.1 Å². The van der Waals surface area contributed by atoms with Crippen LogP contribution in [0.2, 0.25) is 0 Å². The first-order chi connectivity index (χ1) is 9.43. The summed E-state index contributed by atoms with van der Waals surface area (Å²) in [5, 5.41) is 29.7. The highest BCUT2D eigenvalue weighted by molar-refractivity contribution is 6.44. The third kappa shape index (κ3) is 2.69. The van der Waals surface area contributed by atoms with Crippen LogP contribution in [0.4, 0.5) is 5.69 Å². The Balaban J connectivity index is 2.59. The van der Waals surface area contributed by atoms with E-state index in [1.807, 2.05) is 0 Å². The van der Waals surface area contributed by atoms with Crippen LogP contribution in [0.25, 0.3) is 5.69 Å². The summed E-state index contributed by atoms with van der Waals surface area (Å²) >= 11 is 11.4. The van der Waals surface area contributed by atoms with E-state index in [1.54, 1.807) is 0 Å². The number of aromatic nitrogens is 2. The van der Waals surface area contributed by atoms with Crippen molar-refractivity contribution in [2.24, 2.45) is 0 Å². The van der Waals surface area contributed by atoms with Crippen molar-refractivity contribution in [3.63, 3.8) is 0 Å². The second-order valence-electron chi connectivity index (χ2n) is 3.89. The number of halogens is 2. The first-order valence-electron chi connectivity index (χ1n) is 5.37. The average Bonchev–Trinajstić information content (AvgIpc) is 2.86. The molecular formula is C11H9Cl2N3O4. The summed E-state index contributed by atoms with van der Waals surface area (Å²) in [6.07, 6.45) is 2.83. The van der Waals surface area contributed by atoms with E-state index in [-0.39, 0.29) is 29.3 Å². The number of alkyl halides is 2. The van der Waals surface area contributed by atoms with Crippen LogP contribution in [0.15, 0.2) is 24.7 Å². The van der Waals surface area contributed by atoms with Crippen molar-refractivity contribution in [3.8, 4) is 11.4 Å². The number of nitrogens with zero attached hydrogens (tertiary/aromatic N) is 3. The van der Waals surface area contributed by atoms with Crippen LogP contribution in [-0.2, 0) is 6.61 Å². The van der Waals surface area contributed by atoms with Crippen LogP contribution in [0.5, 0.6) is 5.75 Å². The molecule has 0 aliphatic carbocycles. The predicted molar refractivity (Wildman–Crippen MR) is 72.3 cm³/mol. The van der Waals surface area contributed by atoms with Crippen molar-refractivity contribution in [2.45, 2.75) is 11.4 Å². The third-order valence-electron chi connectivity index (χ3n) is 2.63. The summed E-state index contributed by atoms with van der Waals surface area (Å²) in [7, 11) is 0. The lowest BCUT2D eigenvalue weighted by Gasteiger charge is -2.09. The molecule has 0 aliphatic heterocycles. The van der Waals surface area contributed by atoms with Crippen LogP contribution in [-0.4, -0.2) is 24.7 Å². The lowest BCUT2D eigenvalue weighted by Crippen LogP contribution is -1.99. The molecule has 0 saturated carbocycles. The first kappa shape index (κ1) is 14.6. The van der Waals surface area contributed by atoms with E-state index >= 15 is 0 Å². The maximum absolute atomic E-state index is 10.9. The molecule has 0 amide bonds. The molecule has 20 heavy (non-hydrogen) atoms. The largest absolute Gasteiger partial charge is 0.505 e. The number of nitro benzene ring substituents is 1. The van der Waals surface area contributed by atoms with E-state index in [0.29, 0.717) is 5.69 Å². The van der Waals surface area contributed by atoms with Gasteiger partial charge in [0.25, 0.3) is 5.69 Å². The van der Waals surface area contributed by atoms with Crippen molar-refractivity contribution in [1.29, 1.82) is 0 Å². The highest BCUT2D eigenvalue weighted by atomic mass is 35.5. The second-order valence-corrected chi connectivity index (χ2v) is 4.98. The van der Waals surface area contributed by atoms with Crippen LogP contribution in [0.1, 0.15) is 16.1 Å². The highest BCUT2D eigenvalue weighted by Crippen LogP contribution is 2.38. The van der Waals surface area contributed by atoms with Gasteiger partial charge in [-0.1, -0.05) is 23.2 Å². The van der Waals surface area contributed by atoms with Gasteiger partial charge in [0.1, 0.15) is 10.6 Å². The molecule has 7 nitrogen and oxygen atoms in total. The molecule has 106 valence electrons. The molecule has 0 spiro atoms. The Morgan fingerprint density at radius 1 is 1.45 bits per heavy atom. The van der Waals surface area contributed by atoms with Gasteiger partial charge in [0.05, 0.1) is 40.9 Å². The Bertz CT molecular complexity index is 657. The highest BCUT2D eigenvalue weighted by Gasteiger charge is 2.23. The van der Waals surface area contributed by atoms with Gasteiger partial charge in [-0.3, -0.25) is 10.1 Å². The number of benzene rings is 1. The monoisotopic (exact) mass is 317 g/mol. The molecule has 0 atom stereocenters. The summed E-state index contributed by atoms with van der Waals surface area (Å²) < 4.78 is 1.41. The zero-order valence-electron chi connectivity index (χ0n) is 9.90. The lowest BCUT2D eigenvalue weighted by atomic mass is 10.1. The topological polar surface area (TPSA) is 101 Å². The fourth-order valence-corrected chi connectivity index (χ4v) is 2.05. The summed E-state index contributed by atoms with van der Waals surface area (Å²) in [5.41, 5.74) is 0.302. The molecule has 2 rings (SSSR count). The lowest BCUT2D eigenvalue weighted by molar-refractivity contribution is -0.385. The molecule has 9 heteroatoms. The molecule has 2 N–H and O–H groups in total. The van der Waals surface area contributed by atoms with Crippen molar-refractivity contribution in [1.82, 2.24) is 9.55 Å². The molecule has 0 fully saturated rings. The number of hydrogen-bond donors (Lipinski definition) is 2. The average molecular weight is 318 g/mol. The Labute approximate surface area is 123 Å². The molecule has 1 heterocycles. The van der Waals surface area contributed by atoms with Gasteiger partial charge < -0.3 is 14.8 Å². The summed E-state index contributed by atoms with van der Waals surface area (Å²) in [6.45, 7) is -0.263. The summed E-state index contributed by atoms with van der Waals surface area (Å²) in [6, 6.07) is 2.28. The number of nitro groups is 1. The van der Waals surface area contributed by atoms with Gasteiger partial charge in [-0.15, -0.1) is 0 Å². The summed E-state index contributed by atoms with van der Waals surface area (Å²) in [5.74, 6) is -0.323. The Morgan fingerprint density at radius 3 is 2.65 bits per heavy atom. The number of aliphatic hydroxyl groups excluding tert-OH is 1. The normalized spacial score (nSPS) is 11.0. The maximum Gasteiger partial charge on any atom is 0.279 e. The Morgan fingerprint density at radius 2 is 2.15 bits per heavy atom. The van der Waals surface area contributed by atoms with Gasteiger partial charge in [0, 0.05) is 6.20 Å². The van der Waals surface area contributed by atoms with E-state index < -0.39 is 9.76 Å². The molecule has 0 saturated heterocycles. The minimum absolute atomic E-state index is 0.0605. The molecule has 0 radical (unpaired) electrons. The number of phenols is 1. The van der Waals surface area contributed by atoms with Crippen LogP contribution in [0.3, 0.4) is 0 Å². The van der Waals surface area contributed by atoms with Crippen LogP contribution < -0.4 is 0 Å². The quantitative estimate of drug-likeness (QED) is 0.512. The fourth-order valence-electron chi connectivity index (χ4n) is 1.70. The zero-order chi connectivity index (χ0) is 14.9. The van der Waals surface area contributed by atoms with Gasteiger partial charge in [0.2, 0.25) is 0 Å². The first-order valence-corrected chi connectivity index (χ1v) is 6.25. The Hall–Kier alpha value is -1.83. The van der Waals surface area contributed by atoms with Gasteiger partial charge in [-0.2, -0.15) is 0 Å². The molecule has 0 bridgehead atoms. The number of rotatable bonds is 4. The maximum atomic E-state index is 10.9. The van der Waals surface area contributed by atoms with Gasteiger partial charge in [-0.05, 0) is 6.07 Å². The van der Waals surface area contributed by atoms with Crippen molar-refractivity contribution in [3.05, 3.63) is 46.0 Å². The Kier molecular flexibility index (Phi) is 4.12. The number of phenolic OH excluding ortho intramolecular Hbond substituents is 1. The fraction of sp³-hybridized carbons (Fsp3) is 0.182. The molecule has 1 aromatic carbocycles. The molecule has 0 aliphatic rings. The predicted octanol–water partition coefficient (Wildman–Crippen LogP) is 2.45. The van der Waals surface area contributed by atoms with E-state index in [1.165, 1.54) is 23.2 Å². The van der Waals surface area contributed by atoms with Gasteiger partial charge >= 0.3 is 0 Å². The number of aliphatic hydroxyl groups is 1.